The molecule has 0 aromatic heterocycles. The van der Waals surface area contributed by atoms with Crippen LogP contribution in [0.5, 0.6) is 11.5 Å². The first-order chi connectivity index (χ1) is 13.9. The molecule has 6 heteroatoms. The third kappa shape index (κ3) is 7.19. The Hall–Kier alpha value is -1.79. The highest BCUT2D eigenvalue weighted by Crippen LogP contribution is 2.26. The zero-order valence-corrected chi connectivity index (χ0v) is 18.1. The maximum Gasteiger partial charge on any atom is 0.120 e. The molecule has 1 N–H and O–H groups in total. The van der Waals surface area contributed by atoms with Crippen LogP contribution in [-0.4, -0.2) is 67.5 Å². The van der Waals surface area contributed by atoms with Gasteiger partial charge in [-0.2, -0.15) is 0 Å². The van der Waals surface area contributed by atoms with Crippen LogP contribution in [0.1, 0.15) is 18.4 Å². The molecule has 158 valence electrons. The number of likely N-dealkylation sites (tertiary alicyclic amines) is 1. The fourth-order valence-electron chi connectivity index (χ4n) is 3.34. The normalized spacial score (nSPS) is 16.7. The molecular weight excluding hydrogens is 388 g/mol. The number of piperidine rings is 1. The van der Waals surface area contributed by atoms with Gasteiger partial charge in [0.1, 0.15) is 30.3 Å². The van der Waals surface area contributed by atoms with Crippen LogP contribution in [0.2, 0.25) is 5.02 Å². The molecule has 2 aromatic carbocycles. The maximum atomic E-state index is 10.8. The largest absolute Gasteiger partial charge is 0.492 e. The highest BCUT2D eigenvalue weighted by molar-refractivity contribution is 6.30. The van der Waals surface area contributed by atoms with Crippen molar-refractivity contribution >= 4 is 11.6 Å². The Morgan fingerprint density at radius 3 is 2.41 bits per heavy atom. The summed E-state index contributed by atoms with van der Waals surface area (Å²) in [7, 11) is 4.07. The Balaban J connectivity index is 1.42. The van der Waals surface area contributed by atoms with Gasteiger partial charge in [0, 0.05) is 31.2 Å². The number of aliphatic hydroxyl groups is 1. The van der Waals surface area contributed by atoms with Gasteiger partial charge in [0.15, 0.2) is 0 Å². The van der Waals surface area contributed by atoms with E-state index < -0.39 is 5.60 Å². The zero-order valence-electron chi connectivity index (χ0n) is 17.3. The maximum absolute atomic E-state index is 10.8. The fraction of sp³-hybridized carbons (Fsp3) is 0.478. The summed E-state index contributed by atoms with van der Waals surface area (Å²) >= 11 is 5.99. The van der Waals surface area contributed by atoms with Crippen LogP contribution in [0.4, 0.5) is 0 Å². The minimum atomic E-state index is -0.789. The van der Waals surface area contributed by atoms with E-state index >= 15 is 0 Å². The molecule has 0 atom stereocenters. The van der Waals surface area contributed by atoms with Gasteiger partial charge in [0.25, 0.3) is 0 Å². The van der Waals surface area contributed by atoms with E-state index in [4.69, 9.17) is 21.1 Å². The van der Waals surface area contributed by atoms with Gasteiger partial charge in [-0.05, 0) is 62.8 Å². The summed E-state index contributed by atoms with van der Waals surface area (Å²) < 4.78 is 11.5. The standard InChI is InChI=1S/C23H31ClN2O3/c1-25(2)14-15-28-21-8-6-19(7-9-21)17-26-12-10-23(27,11-13-26)18-29-22-5-3-4-20(24)16-22/h3-9,16,27H,10-15,17-18H2,1-2H3. The fourth-order valence-corrected chi connectivity index (χ4v) is 3.52. The number of ether oxygens (including phenoxy) is 2. The van der Waals surface area contributed by atoms with E-state index in [-0.39, 0.29) is 0 Å². The van der Waals surface area contributed by atoms with Gasteiger partial charge in [-0.1, -0.05) is 29.8 Å². The smallest absolute Gasteiger partial charge is 0.120 e. The van der Waals surface area contributed by atoms with Gasteiger partial charge >= 0.3 is 0 Å². The molecule has 29 heavy (non-hydrogen) atoms. The highest BCUT2D eigenvalue weighted by Gasteiger charge is 2.33. The van der Waals surface area contributed by atoms with Gasteiger partial charge in [-0.25, -0.2) is 0 Å². The van der Waals surface area contributed by atoms with E-state index in [9.17, 15) is 5.11 Å². The van der Waals surface area contributed by atoms with Crippen LogP contribution in [-0.2, 0) is 6.54 Å². The van der Waals surface area contributed by atoms with Gasteiger partial charge in [0.05, 0.1) is 0 Å². The summed E-state index contributed by atoms with van der Waals surface area (Å²) in [5, 5.41) is 11.5. The molecule has 2 aromatic rings. The SMILES string of the molecule is CN(C)CCOc1ccc(CN2CCC(O)(COc3cccc(Cl)c3)CC2)cc1. The predicted octanol–water partition coefficient (Wildman–Crippen LogP) is 3.69. The van der Waals surface area contributed by atoms with Crippen molar-refractivity contribution in [2.45, 2.75) is 25.0 Å². The molecule has 1 aliphatic rings. The zero-order chi connectivity index (χ0) is 20.7. The summed E-state index contributed by atoms with van der Waals surface area (Å²) in [5.74, 6) is 1.60. The number of hydrogen-bond acceptors (Lipinski definition) is 5. The summed E-state index contributed by atoms with van der Waals surface area (Å²) in [6.45, 7) is 4.45. The predicted molar refractivity (Wildman–Crippen MR) is 117 cm³/mol. The second-order valence-corrected chi connectivity index (χ2v) is 8.48. The average Bonchev–Trinajstić information content (AvgIpc) is 2.70. The minimum Gasteiger partial charge on any atom is -0.492 e. The van der Waals surface area contributed by atoms with Crippen molar-refractivity contribution in [1.82, 2.24) is 9.80 Å². The monoisotopic (exact) mass is 418 g/mol. The summed E-state index contributed by atoms with van der Waals surface area (Å²) in [5.41, 5.74) is 0.466. The van der Waals surface area contributed by atoms with Crippen molar-refractivity contribution in [3.05, 3.63) is 59.1 Å². The van der Waals surface area contributed by atoms with E-state index in [0.717, 1.165) is 31.9 Å². The number of likely N-dealkylation sites (N-methyl/N-ethyl adjacent to an activating group) is 1. The molecule has 0 amide bonds. The van der Waals surface area contributed by atoms with Crippen molar-refractivity contribution < 1.29 is 14.6 Å². The summed E-state index contributed by atoms with van der Waals surface area (Å²) in [4.78, 5) is 4.47. The van der Waals surface area contributed by atoms with Crippen molar-refractivity contribution in [3.8, 4) is 11.5 Å². The highest BCUT2D eigenvalue weighted by atomic mass is 35.5. The molecule has 0 bridgehead atoms. The van der Waals surface area contributed by atoms with Crippen molar-refractivity contribution in [1.29, 1.82) is 0 Å². The lowest BCUT2D eigenvalue weighted by atomic mass is 9.92. The van der Waals surface area contributed by atoms with Gasteiger partial charge < -0.3 is 19.5 Å². The van der Waals surface area contributed by atoms with E-state index in [0.29, 0.717) is 36.8 Å². The lowest BCUT2D eigenvalue weighted by Crippen LogP contribution is -2.47. The van der Waals surface area contributed by atoms with Crippen LogP contribution in [0.15, 0.2) is 48.5 Å². The minimum absolute atomic E-state index is 0.292. The second-order valence-electron chi connectivity index (χ2n) is 8.04. The third-order valence-electron chi connectivity index (χ3n) is 5.23. The number of benzene rings is 2. The van der Waals surface area contributed by atoms with Crippen molar-refractivity contribution in [2.24, 2.45) is 0 Å². The number of rotatable bonds is 9. The molecule has 0 radical (unpaired) electrons. The first kappa shape index (κ1) is 21.9. The number of hydrogen-bond donors (Lipinski definition) is 1. The summed E-state index contributed by atoms with van der Waals surface area (Å²) in [6, 6.07) is 15.6. The summed E-state index contributed by atoms with van der Waals surface area (Å²) in [6.07, 6.45) is 1.39. The Morgan fingerprint density at radius 2 is 1.76 bits per heavy atom. The van der Waals surface area contributed by atoms with E-state index in [2.05, 4.69) is 21.9 Å². The van der Waals surface area contributed by atoms with Crippen LogP contribution in [0, 0.1) is 0 Å². The molecule has 1 aliphatic heterocycles. The Morgan fingerprint density at radius 1 is 1.03 bits per heavy atom. The molecule has 5 nitrogen and oxygen atoms in total. The third-order valence-corrected chi connectivity index (χ3v) is 5.46. The van der Waals surface area contributed by atoms with Crippen LogP contribution in [0.25, 0.3) is 0 Å². The van der Waals surface area contributed by atoms with Gasteiger partial charge in [-0.3, -0.25) is 4.90 Å². The van der Waals surface area contributed by atoms with Gasteiger partial charge in [0.2, 0.25) is 0 Å². The Labute approximate surface area is 178 Å². The molecule has 0 spiro atoms. The van der Waals surface area contributed by atoms with E-state index in [1.807, 2.05) is 44.4 Å². The van der Waals surface area contributed by atoms with Crippen LogP contribution < -0.4 is 9.47 Å². The van der Waals surface area contributed by atoms with Gasteiger partial charge in [-0.15, -0.1) is 0 Å². The molecule has 1 fully saturated rings. The Bertz CT molecular complexity index is 759. The number of halogens is 1. The Kier molecular flexibility index (Phi) is 7.78. The van der Waals surface area contributed by atoms with E-state index in [1.165, 1.54) is 5.56 Å². The molecular formula is C23H31ClN2O3. The average molecular weight is 419 g/mol. The second kappa shape index (κ2) is 10.3. The molecule has 0 aliphatic carbocycles. The lowest BCUT2D eigenvalue weighted by Gasteiger charge is -2.38. The van der Waals surface area contributed by atoms with Crippen LogP contribution >= 0.6 is 11.6 Å². The quantitative estimate of drug-likeness (QED) is 0.673. The van der Waals surface area contributed by atoms with Crippen molar-refractivity contribution in [2.75, 3.05) is 46.9 Å². The van der Waals surface area contributed by atoms with Crippen LogP contribution in [0.3, 0.4) is 0 Å². The lowest BCUT2D eigenvalue weighted by molar-refractivity contribution is -0.0537. The molecule has 0 saturated carbocycles. The topological polar surface area (TPSA) is 45.2 Å². The van der Waals surface area contributed by atoms with Crippen molar-refractivity contribution in [3.63, 3.8) is 0 Å². The molecule has 1 saturated heterocycles. The molecule has 0 unspecified atom stereocenters. The molecule has 3 rings (SSSR count). The molecule has 1 heterocycles. The first-order valence-corrected chi connectivity index (χ1v) is 10.5. The van der Waals surface area contributed by atoms with E-state index in [1.54, 1.807) is 6.07 Å². The first-order valence-electron chi connectivity index (χ1n) is 10.1. The number of nitrogens with zero attached hydrogens (tertiary/aromatic N) is 2.